The van der Waals surface area contributed by atoms with Crippen molar-refractivity contribution in [3.8, 4) is 0 Å². The minimum absolute atomic E-state index is 0.0647. The molecule has 0 saturated heterocycles. The molecule has 1 amide bonds. The van der Waals surface area contributed by atoms with Gasteiger partial charge in [0.25, 0.3) is 5.91 Å². The number of amides is 1. The topological polar surface area (TPSA) is 45.2 Å². The maximum atomic E-state index is 12.7. The van der Waals surface area contributed by atoms with Crippen molar-refractivity contribution in [3.63, 3.8) is 0 Å². The predicted octanol–water partition coefficient (Wildman–Crippen LogP) is 3.33. The Hall–Kier alpha value is -1.88. The molecule has 1 unspecified atom stereocenters. The van der Waals surface area contributed by atoms with Gasteiger partial charge in [0.05, 0.1) is 11.6 Å². The lowest BCUT2D eigenvalue weighted by atomic mass is 10.0. The third-order valence-corrected chi connectivity index (χ3v) is 4.90. The minimum atomic E-state index is 0.0647. The molecular weight excluding hydrogens is 282 g/mol. The molecule has 2 aromatic heterocycles. The van der Waals surface area contributed by atoms with E-state index in [0.717, 1.165) is 25.3 Å². The van der Waals surface area contributed by atoms with Crippen molar-refractivity contribution in [1.29, 1.82) is 0 Å². The highest BCUT2D eigenvalue weighted by Crippen LogP contribution is 2.33. The number of anilines is 1. The van der Waals surface area contributed by atoms with Crippen molar-refractivity contribution in [2.24, 2.45) is 0 Å². The number of hydrogen-bond donors (Lipinski definition) is 1. The number of hydrogen-bond acceptors (Lipinski definition) is 4. The van der Waals surface area contributed by atoms with E-state index in [1.165, 1.54) is 10.4 Å². The fourth-order valence-corrected chi connectivity index (χ4v) is 3.72. The van der Waals surface area contributed by atoms with E-state index in [0.29, 0.717) is 5.56 Å². The predicted molar refractivity (Wildman–Crippen MR) is 85.9 cm³/mol. The van der Waals surface area contributed by atoms with Gasteiger partial charge < -0.3 is 10.2 Å². The first kappa shape index (κ1) is 14.1. The normalized spacial score (nSPS) is 17.4. The average Bonchev–Trinajstić information content (AvgIpc) is 2.98. The monoisotopic (exact) mass is 301 g/mol. The van der Waals surface area contributed by atoms with Crippen molar-refractivity contribution in [1.82, 2.24) is 9.88 Å². The summed E-state index contributed by atoms with van der Waals surface area (Å²) < 4.78 is 0. The Morgan fingerprint density at radius 3 is 3.05 bits per heavy atom. The van der Waals surface area contributed by atoms with Gasteiger partial charge in [-0.1, -0.05) is 0 Å². The van der Waals surface area contributed by atoms with Crippen LogP contribution >= 0.6 is 11.3 Å². The Morgan fingerprint density at radius 2 is 2.33 bits per heavy atom. The molecule has 0 fully saturated rings. The molecule has 0 aliphatic carbocycles. The number of carbonyl (C=O) groups is 1. The number of aromatic nitrogens is 1. The SMILES string of the molecule is CCNc1ccc(C(=O)N2CCc3sccc3C2C)cn1. The van der Waals surface area contributed by atoms with Gasteiger partial charge >= 0.3 is 0 Å². The highest BCUT2D eigenvalue weighted by molar-refractivity contribution is 7.10. The van der Waals surface area contributed by atoms with Crippen LogP contribution in [0.3, 0.4) is 0 Å². The number of carbonyl (C=O) groups excluding carboxylic acids is 1. The average molecular weight is 301 g/mol. The van der Waals surface area contributed by atoms with Gasteiger partial charge in [-0.2, -0.15) is 0 Å². The van der Waals surface area contributed by atoms with Gasteiger partial charge in [-0.05, 0) is 49.4 Å². The number of fused-ring (bicyclic) bond motifs is 1. The summed E-state index contributed by atoms with van der Waals surface area (Å²) in [5.41, 5.74) is 1.94. The third kappa shape index (κ3) is 2.65. The molecule has 2 aromatic rings. The van der Waals surface area contributed by atoms with E-state index in [2.05, 4.69) is 28.7 Å². The maximum Gasteiger partial charge on any atom is 0.255 e. The van der Waals surface area contributed by atoms with Crippen LogP contribution in [0, 0.1) is 0 Å². The Bertz CT molecular complexity index is 635. The lowest BCUT2D eigenvalue weighted by Crippen LogP contribution is -2.38. The fraction of sp³-hybridized carbons (Fsp3) is 0.375. The fourth-order valence-electron chi connectivity index (χ4n) is 2.76. The van der Waals surface area contributed by atoms with Gasteiger partial charge in [0.1, 0.15) is 5.82 Å². The summed E-state index contributed by atoms with van der Waals surface area (Å²) in [6.07, 6.45) is 2.61. The second kappa shape index (κ2) is 5.85. The van der Waals surface area contributed by atoms with Crippen molar-refractivity contribution in [3.05, 3.63) is 45.8 Å². The Kier molecular flexibility index (Phi) is 3.92. The molecule has 0 radical (unpaired) electrons. The van der Waals surface area contributed by atoms with Crippen LogP contribution in [0.25, 0.3) is 0 Å². The van der Waals surface area contributed by atoms with E-state index in [1.54, 1.807) is 17.5 Å². The quantitative estimate of drug-likeness (QED) is 0.945. The van der Waals surface area contributed by atoms with Gasteiger partial charge in [-0.15, -0.1) is 11.3 Å². The summed E-state index contributed by atoms with van der Waals surface area (Å²) in [7, 11) is 0. The molecule has 1 aliphatic rings. The van der Waals surface area contributed by atoms with Crippen molar-refractivity contribution < 1.29 is 4.79 Å². The Morgan fingerprint density at radius 1 is 1.48 bits per heavy atom. The Balaban J connectivity index is 1.79. The molecule has 3 heterocycles. The minimum Gasteiger partial charge on any atom is -0.370 e. The highest BCUT2D eigenvalue weighted by Gasteiger charge is 2.28. The van der Waals surface area contributed by atoms with Crippen LogP contribution < -0.4 is 5.32 Å². The number of pyridine rings is 1. The van der Waals surface area contributed by atoms with Crippen LogP contribution in [-0.2, 0) is 6.42 Å². The molecule has 0 aromatic carbocycles. The number of thiophene rings is 1. The maximum absolute atomic E-state index is 12.7. The lowest BCUT2D eigenvalue weighted by molar-refractivity contribution is 0.0679. The smallest absolute Gasteiger partial charge is 0.255 e. The lowest BCUT2D eigenvalue weighted by Gasteiger charge is -2.33. The van der Waals surface area contributed by atoms with E-state index < -0.39 is 0 Å². The first-order valence-corrected chi connectivity index (χ1v) is 8.16. The van der Waals surface area contributed by atoms with Gasteiger partial charge in [-0.3, -0.25) is 4.79 Å². The molecule has 4 nitrogen and oxygen atoms in total. The number of nitrogens with one attached hydrogen (secondary N) is 1. The first-order valence-electron chi connectivity index (χ1n) is 7.28. The Labute approximate surface area is 128 Å². The van der Waals surface area contributed by atoms with Gasteiger partial charge in [0.2, 0.25) is 0 Å². The molecular formula is C16H19N3OS. The second-order valence-electron chi connectivity index (χ2n) is 5.19. The zero-order chi connectivity index (χ0) is 14.8. The van der Waals surface area contributed by atoms with E-state index in [1.807, 2.05) is 24.0 Å². The van der Waals surface area contributed by atoms with Crippen LogP contribution in [0.2, 0.25) is 0 Å². The molecule has 110 valence electrons. The van der Waals surface area contributed by atoms with Crippen molar-refractivity contribution in [2.45, 2.75) is 26.3 Å². The summed E-state index contributed by atoms with van der Waals surface area (Å²) in [6.45, 7) is 5.73. The molecule has 1 atom stereocenters. The van der Waals surface area contributed by atoms with E-state index in [-0.39, 0.29) is 11.9 Å². The molecule has 3 rings (SSSR count). The molecule has 1 N–H and O–H groups in total. The van der Waals surface area contributed by atoms with Gasteiger partial charge in [0, 0.05) is 24.2 Å². The second-order valence-corrected chi connectivity index (χ2v) is 6.19. The van der Waals surface area contributed by atoms with Gasteiger partial charge in [-0.25, -0.2) is 4.98 Å². The molecule has 0 bridgehead atoms. The number of rotatable bonds is 3. The standard InChI is InChI=1S/C16H19N3OS/c1-3-17-15-5-4-12(10-18-15)16(20)19-8-6-14-13(11(19)2)7-9-21-14/h4-5,7,9-11H,3,6,8H2,1-2H3,(H,17,18). The van der Waals surface area contributed by atoms with E-state index in [9.17, 15) is 4.79 Å². The summed E-state index contributed by atoms with van der Waals surface area (Å²) in [5.74, 6) is 0.871. The van der Waals surface area contributed by atoms with E-state index >= 15 is 0 Å². The molecule has 5 heteroatoms. The van der Waals surface area contributed by atoms with Crippen LogP contribution in [0.15, 0.2) is 29.8 Å². The highest BCUT2D eigenvalue weighted by atomic mass is 32.1. The number of nitrogens with zero attached hydrogens (tertiary/aromatic N) is 2. The zero-order valence-electron chi connectivity index (χ0n) is 12.3. The third-order valence-electron chi connectivity index (χ3n) is 3.91. The molecule has 0 saturated carbocycles. The first-order chi connectivity index (χ1) is 10.2. The van der Waals surface area contributed by atoms with Gasteiger partial charge in [0.15, 0.2) is 0 Å². The molecule has 0 spiro atoms. The largest absolute Gasteiger partial charge is 0.370 e. The van der Waals surface area contributed by atoms with Crippen molar-refractivity contribution in [2.75, 3.05) is 18.4 Å². The van der Waals surface area contributed by atoms with Crippen LogP contribution in [0.5, 0.6) is 0 Å². The summed E-state index contributed by atoms with van der Waals surface area (Å²) in [5, 5.41) is 5.25. The summed E-state index contributed by atoms with van der Waals surface area (Å²) in [6, 6.07) is 5.99. The summed E-state index contributed by atoms with van der Waals surface area (Å²) >= 11 is 1.79. The zero-order valence-corrected chi connectivity index (χ0v) is 13.1. The van der Waals surface area contributed by atoms with Crippen LogP contribution in [-0.4, -0.2) is 28.9 Å². The molecule has 21 heavy (non-hydrogen) atoms. The summed E-state index contributed by atoms with van der Waals surface area (Å²) in [4.78, 5) is 20.3. The van der Waals surface area contributed by atoms with E-state index in [4.69, 9.17) is 0 Å². The van der Waals surface area contributed by atoms with Crippen LogP contribution in [0.1, 0.15) is 40.7 Å². The molecule has 1 aliphatic heterocycles. The van der Waals surface area contributed by atoms with Crippen LogP contribution in [0.4, 0.5) is 5.82 Å². The van der Waals surface area contributed by atoms with Crippen molar-refractivity contribution >= 4 is 23.1 Å².